The van der Waals surface area contributed by atoms with Gasteiger partial charge in [-0.1, -0.05) is 0 Å². The van der Waals surface area contributed by atoms with E-state index >= 15 is 0 Å². The van der Waals surface area contributed by atoms with Crippen LogP contribution in [0.5, 0.6) is 0 Å². The van der Waals surface area contributed by atoms with Crippen LogP contribution in [0.25, 0.3) is 0 Å². The number of hydrogen-bond acceptors (Lipinski definition) is 3. The van der Waals surface area contributed by atoms with Crippen molar-refractivity contribution in [3.05, 3.63) is 0 Å². The second kappa shape index (κ2) is 3.65. The van der Waals surface area contributed by atoms with Crippen LogP contribution in [0.15, 0.2) is 0 Å². The molecule has 0 aromatic heterocycles. The first kappa shape index (κ1) is 16.3. The first-order valence-electron chi connectivity index (χ1n) is 3.21. The summed E-state index contributed by atoms with van der Waals surface area (Å²) in [6, 6.07) is 0. The Hall–Kier alpha value is -0.690. The van der Waals surface area contributed by atoms with Gasteiger partial charge in [-0.15, -0.1) is 0 Å². The van der Waals surface area contributed by atoms with Gasteiger partial charge in [-0.05, 0) is 0 Å². The number of halogens is 8. The highest BCUT2D eigenvalue weighted by Crippen LogP contribution is 2.53. The highest BCUT2D eigenvalue weighted by Gasteiger charge is 2.84. The average molecular weight is 298 g/mol. The minimum atomic E-state index is -7.24. The lowest BCUT2D eigenvalue weighted by Gasteiger charge is -2.32. The van der Waals surface area contributed by atoms with Gasteiger partial charge in [0, 0.05) is 0 Å². The molecule has 17 heavy (non-hydrogen) atoms. The second-order valence-corrected chi connectivity index (χ2v) is 4.14. The molecule has 0 aliphatic carbocycles. The van der Waals surface area contributed by atoms with Crippen LogP contribution in [0.4, 0.5) is 35.1 Å². The van der Waals surface area contributed by atoms with Gasteiger partial charge in [-0.25, -0.2) is 0 Å². The molecule has 0 spiro atoms. The molecule has 0 unspecified atom stereocenters. The smallest absolute Gasteiger partial charge is 0.331 e. The lowest BCUT2D eigenvalue weighted by molar-refractivity contribution is -0.406. The van der Waals surface area contributed by atoms with Gasteiger partial charge >= 0.3 is 33.3 Å². The summed E-state index contributed by atoms with van der Waals surface area (Å²) in [5, 5.41) is 0.416. The van der Waals surface area contributed by atoms with E-state index in [1.165, 1.54) is 0 Å². The summed E-state index contributed by atoms with van der Waals surface area (Å²) >= 11 is 0. The highest BCUT2D eigenvalue weighted by atomic mass is 32.2. The fourth-order valence-electron chi connectivity index (χ4n) is 0.534. The van der Waals surface area contributed by atoms with Crippen molar-refractivity contribution in [3.8, 4) is 0 Å². The van der Waals surface area contributed by atoms with Crippen LogP contribution < -0.4 is 0 Å². The largest absolute Gasteiger partial charge is 0.438 e. The molecule has 0 aliphatic rings. The summed E-state index contributed by atoms with van der Waals surface area (Å²) in [4.78, 5) is 0. The maximum atomic E-state index is 12.3. The van der Waals surface area contributed by atoms with Crippen LogP contribution in [0.3, 0.4) is 0 Å². The van der Waals surface area contributed by atoms with Crippen molar-refractivity contribution in [1.82, 2.24) is 0 Å². The second-order valence-electron chi connectivity index (χ2n) is 2.68. The molecular formula is C4H2F8O4S. The minimum Gasteiger partial charge on any atom is -0.331 e. The molecule has 0 fully saturated rings. The van der Waals surface area contributed by atoms with Crippen molar-refractivity contribution < 1.29 is 53.2 Å². The summed E-state index contributed by atoms with van der Waals surface area (Å²) in [5.74, 6) is -14.4. The molecule has 0 atom stereocenters. The first-order chi connectivity index (χ1) is 7.00. The molecule has 0 aromatic carbocycles. The zero-order valence-electron chi connectivity index (χ0n) is 7.14. The summed E-state index contributed by atoms with van der Waals surface area (Å²) in [7, 11) is -7.11. The van der Waals surface area contributed by atoms with Crippen LogP contribution in [-0.4, -0.2) is 41.3 Å². The molecule has 0 radical (unpaired) electrons. The van der Waals surface area contributed by atoms with E-state index in [0.717, 1.165) is 0 Å². The number of rotatable bonds is 4. The Balaban J connectivity index is 5.91. The predicted octanol–water partition coefficient (Wildman–Crippen LogP) is 1.32. The van der Waals surface area contributed by atoms with Gasteiger partial charge in [0.2, 0.25) is 0 Å². The van der Waals surface area contributed by atoms with Crippen molar-refractivity contribution >= 4 is 10.1 Å². The topological polar surface area (TPSA) is 74.6 Å². The quantitative estimate of drug-likeness (QED) is 0.606. The van der Waals surface area contributed by atoms with Gasteiger partial charge < -0.3 is 5.11 Å². The van der Waals surface area contributed by atoms with Gasteiger partial charge in [-0.3, -0.25) is 4.55 Å². The molecule has 0 aromatic rings. The van der Waals surface area contributed by atoms with Crippen molar-refractivity contribution in [2.45, 2.75) is 23.2 Å². The molecule has 0 saturated heterocycles. The highest BCUT2D eigenvalue weighted by molar-refractivity contribution is 7.87. The normalized spacial score (nSPS) is 16.1. The Morgan fingerprint density at radius 3 is 1.24 bits per heavy atom. The van der Waals surface area contributed by atoms with E-state index in [1.54, 1.807) is 0 Å². The fraction of sp³-hybridized carbons (Fsp3) is 1.00. The third-order valence-corrected chi connectivity index (χ3v) is 2.37. The standard InChI is InChI=1S/C4H2F8O4S/c5-1(6,3(9,10)13)2(7,8)4(11,12)17(14,15)16/h13H,(H,14,15,16). The van der Waals surface area contributed by atoms with Crippen LogP contribution in [0, 0.1) is 0 Å². The molecule has 104 valence electrons. The van der Waals surface area contributed by atoms with E-state index in [2.05, 4.69) is 0 Å². The first-order valence-corrected chi connectivity index (χ1v) is 4.65. The summed E-state index contributed by atoms with van der Waals surface area (Å²) in [5.41, 5.74) is 0. The average Bonchev–Trinajstić information content (AvgIpc) is 1.98. The number of alkyl halides is 8. The lowest BCUT2D eigenvalue weighted by atomic mass is 10.1. The molecule has 13 heteroatoms. The zero-order chi connectivity index (χ0) is 14.5. The van der Waals surface area contributed by atoms with Gasteiger partial charge in [0.05, 0.1) is 0 Å². The maximum absolute atomic E-state index is 12.3. The van der Waals surface area contributed by atoms with Crippen LogP contribution in [0.1, 0.15) is 0 Å². The van der Waals surface area contributed by atoms with Crippen molar-refractivity contribution in [2.24, 2.45) is 0 Å². The van der Waals surface area contributed by atoms with Gasteiger partial charge in [0.25, 0.3) is 0 Å². The van der Waals surface area contributed by atoms with E-state index in [9.17, 15) is 43.5 Å². The minimum absolute atomic E-state index is 6.63. The molecule has 2 N–H and O–H groups in total. The molecule has 0 rings (SSSR count). The van der Waals surface area contributed by atoms with Gasteiger partial charge in [-0.2, -0.15) is 43.5 Å². The predicted molar refractivity (Wildman–Crippen MR) is 33.6 cm³/mol. The van der Waals surface area contributed by atoms with E-state index < -0.39 is 33.3 Å². The maximum Gasteiger partial charge on any atom is 0.438 e. The Kier molecular flexibility index (Phi) is 3.50. The Morgan fingerprint density at radius 1 is 0.765 bits per heavy atom. The van der Waals surface area contributed by atoms with Crippen LogP contribution in [-0.2, 0) is 10.1 Å². The third kappa shape index (κ3) is 2.18. The zero-order valence-corrected chi connectivity index (χ0v) is 7.96. The van der Waals surface area contributed by atoms with Crippen LogP contribution in [0.2, 0.25) is 0 Å². The van der Waals surface area contributed by atoms with E-state index in [0.29, 0.717) is 0 Å². The van der Waals surface area contributed by atoms with Gasteiger partial charge in [0.15, 0.2) is 0 Å². The number of hydrogen-bond donors (Lipinski definition) is 2. The summed E-state index contributed by atoms with van der Waals surface area (Å²) < 4.78 is 124. The number of aliphatic hydroxyl groups is 1. The lowest BCUT2D eigenvalue weighted by Crippen LogP contribution is -2.64. The monoisotopic (exact) mass is 298 g/mol. The van der Waals surface area contributed by atoms with Crippen molar-refractivity contribution in [3.63, 3.8) is 0 Å². The van der Waals surface area contributed by atoms with Crippen LogP contribution >= 0.6 is 0 Å². The van der Waals surface area contributed by atoms with Crippen molar-refractivity contribution in [2.75, 3.05) is 0 Å². The third-order valence-electron chi connectivity index (χ3n) is 1.46. The molecule has 4 nitrogen and oxygen atoms in total. The Morgan fingerprint density at radius 2 is 1.06 bits per heavy atom. The van der Waals surface area contributed by atoms with E-state index in [4.69, 9.17) is 9.66 Å². The molecule has 0 bridgehead atoms. The molecule has 0 saturated carbocycles. The molecule has 0 amide bonds. The summed E-state index contributed by atoms with van der Waals surface area (Å²) in [6.45, 7) is 0. The molecular weight excluding hydrogens is 296 g/mol. The molecule has 0 aliphatic heterocycles. The van der Waals surface area contributed by atoms with Crippen molar-refractivity contribution in [1.29, 1.82) is 0 Å². The molecule has 0 heterocycles. The van der Waals surface area contributed by atoms with Gasteiger partial charge in [0.1, 0.15) is 0 Å². The SMILES string of the molecule is O=S(=O)(O)C(F)(F)C(F)(F)C(F)(F)C(O)(F)F. The Bertz CT molecular complexity index is 394. The van der Waals surface area contributed by atoms with E-state index in [1.807, 2.05) is 0 Å². The Labute approximate surface area is 87.6 Å². The van der Waals surface area contributed by atoms with E-state index in [-0.39, 0.29) is 0 Å². The summed E-state index contributed by atoms with van der Waals surface area (Å²) in [6.07, 6.45) is -6.63. The fourth-order valence-corrected chi connectivity index (χ4v) is 0.986.